The highest BCUT2D eigenvalue weighted by molar-refractivity contribution is 6.07. The topological polar surface area (TPSA) is 151 Å². The van der Waals surface area contributed by atoms with Crippen LogP contribution in [0.5, 0.6) is 0 Å². The number of nitrogens with zero attached hydrogens (tertiary/aromatic N) is 3. The zero-order valence-corrected chi connectivity index (χ0v) is 19.2. The number of hydrogen-bond donors (Lipinski definition) is 1. The van der Waals surface area contributed by atoms with Gasteiger partial charge in [-0.2, -0.15) is 0 Å². The van der Waals surface area contributed by atoms with Crippen molar-refractivity contribution in [1.82, 2.24) is 15.5 Å². The molecule has 0 aliphatic carbocycles. The number of fused-ring (bicyclic) bond motifs is 1. The molecule has 1 N–H and O–H groups in total. The zero-order valence-electron chi connectivity index (χ0n) is 19.2. The molecule has 4 aromatic rings. The average Bonchev–Trinajstić information content (AvgIpc) is 3.48. The van der Waals surface area contributed by atoms with Gasteiger partial charge in [0.25, 0.3) is 17.3 Å². The lowest BCUT2D eigenvalue weighted by atomic mass is 10.0. The predicted molar refractivity (Wildman–Crippen MR) is 123 cm³/mol. The smallest absolute Gasteiger partial charge is 0.308 e. The van der Waals surface area contributed by atoms with E-state index in [1.807, 2.05) is 0 Å². The first kappa shape index (κ1) is 23.6. The summed E-state index contributed by atoms with van der Waals surface area (Å²) in [6, 6.07) is 9.75. The van der Waals surface area contributed by atoms with Crippen molar-refractivity contribution in [3.63, 3.8) is 0 Å². The fraction of sp³-hybridized carbons (Fsp3) is 0.250. The number of benzene rings is 1. The maximum Gasteiger partial charge on any atom is 0.308 e. The summed E-state index contributed by atoms with van der Waals surface area (Å²) in [5, 5.41) is 18.7. The van der Waals surface area contributed by atoms with E-state index >= 15 is 0 Å². The molecule has 0 saturated heterocycles. The Labute approximate surface area is 199 Å². The van der Waals surface area contributed by atoms with Crippen LogP contribution in [0, 0.1) is 17.0 Å². The van der Waals surface area contributed by atoms with Gasteiger partial charge in [-0.05, 0) is 39.0 Å². The first-order valence-corrected chi connectivity index (χ1v) is 10.8. The Morgan fingerprint density at radius 3 is 2.66 bits per heavy atom. The number of aromatic nitrogens is 2. The molecule has 0 fully saturated rings. The van der Waals surface area contributed by atoms with Gasteiger partial charge < -0.3 is 19.0 Å². The predicted octanol–water partition coefficient (Wildman–Crippen LogP) is 4.51. The van der Waals surface area contributed by atoms with Crippen molar-refractivity contribution in [2.45, 2.75) is 39.3 Å². The molecule has 0 radical (unpaired) electrons. The van der Waals surface area contributed by atoms with Crippen molar-refractivity contribution in [2.24, 2.45) is 0 Å². The van der Waals surface area contributed by atoms with Crippen LogP contribution in [0.1, 0.15) is 47.9 Å². The van der Waals surface area contributed by atoms with E-state index in [1.165, 1.54) is 30.5 Å². The third-order valence-electron chi connectivity index (χ3n) is 5.19. The summed E-state index contributed by atoms with van der Waals surface area (Å²) in [5.74, 6) is -0.802. The third-order valence-corrected chi connectivity index (χ3v) is 5.19. The molecule has 0 aliphatic heterocycles. The molecule has 35 heavy (non-hydrogen) atoms. The van der Waals surface area contributed by atoms with Gasteiger partial charge in [-0.3, -0.25) is 19.7 Å². The minimum atomic E-state index is -1.04. The van der Waals surface area contributed by atoms with Gasteiger partial charge >= 0.3 is 5.97 Å². The fourth-order valence-electron chi connectivity index (χ4n) is 3.73. The van der Waals surface area contributed by atoms with E-state index in [9.17, 15) is 19.7 Å². The van der Waals surface area contributed by atoms with Crippen LogP contribution in [0.25, 0.3) is 22.6 Å². The lowest BCUT2D eigenvalue weighted by molar-refractivity contribution is -0.385. The molecule has 1 amide bonds. The van der Waals surface area contributed by atoms with E-state index in [2.05, 4.69) is 15.5 Å². The highest BCUT2D eigenvalue weighted by Crippen LogP contribution is 2.30. The maximum atomic E-state index is 13.5. The molecule has 0 saturated carbocycles. The van der Waals surface area contributed by atoms with Crippen LogP contribution in [0.15, 0.2) is 57.7 Å². The molecular formula is C24H22N4O7. The summed E-state index contributed by atoms with van der Waals surface area (Å²) in [4.78, 5) is 41.5. The standard InChI is InChI=1S/C24H22N4O7/c1-13(2)34-21(29)12-17(15-7-4-5-8-19(15)28(31)32)25-23(30)16-11-18(20-9-6-10-33-20)26-24-22(16)14(3)27-35-24/h4-11,13,17H,12H2,1-3H3,(H,25,30). The molecule has 3 aromatic heterocycles. The molecule has 11 heteroatoms. The number of pyridine rings is 1. The van der Waals surface area contributed by atoms with Crippen molar-refractivity contribution >= 4 is 28.7 Å². The second-order valence-corrected chi connectivity index (χ2v) is 8.07. The van der Waals surface area contributed by atoms with Crippen molar-refractivity contribution in [2.75, 3.05) is 0 Å². The molecule has 1 aromatic carbocycles. The van der Waals surface area contributed by atoms with Crippen LogP contribution >= 0.6 is 0 Å². The number of nitrogens with one attached hydrogen (secondary N) is 1. The second kappa shape index (κ2) is 9.75. The molecular weight excluding hydrogens is 456 g/mol. The van der Waals surface area contributed by atoms with Crippen LogP contribution < -0.4 is 5.32 Å². The molecule has 11 nitrogen and oxygen atoms in total. The lowest BCUT2D eigenvalue weighted by Gasteiger charge is -2.20. The number of rotatable bonds is 8. The van der Waals surface area contributed by atoms with Gasteiger partial charge in [0.2, 0.25) is 0 Å². The van der Waals surface area contributed by atoms with Crippen molar-refractivity contribution < 1.29 is 28.2 Å². The van der Waals surface area contributed by atoms with Gasteiger partial charge in [0, 0.05) is 6.07 Å². The number of amides is 1. The Kier molecular flexibility index (Phi) is 6.58. The van der Waals surface area contributed by atoms with Gasteiger partial charge in [0.05, 0.1) is 52.0 Å². The Bertz CT molecular complexity index is 1390. The number of ether oxygens (including phenoxy) is 1. The Hall–Kier alpha value is -4.54. The van der Waals surface area contributed by atoms with Crippen molar-refractivity contribution in [3.8, 4) is 11.5 Å². The summed E-state index contributed by atoms with van der Waals surface area (Å²) in [5.41, 5.74) is 1.01. The van der Waals surface area contributed by atoms with Crippen molar-refractivity contribution in [1.29, 1.82) is 0 Å². The van der Waals surface area contributed by atoms with Crippen LogP contribution in [0.4, 0.5) is 5.69 Å². The minimum absolute atomic E-state index is 0.128. The molecule has 1 atom stereocenters. The molecule has 0 bridgehead atoms. The SMILES string of the molecule is Cc1noc2nc(-c3ccco3)cc(C(=O)NC(CC(=O)OC(C)C)c3ccccc3[N+](=O)[O-])c12. The Morgan fingerprint density at radius 1 is 1.20 bits per heavy atom. The molecule has 0 aliphatic rings. The largest absolute Gasteiger partial charge is 0.463 e. The zero-order chi connectivity index (χ0) is 25.1. The molecule has 0 spiro atoms. The highest BCUT2D eigenvalue weighted by Gasteiger charge is 2.29. The van der Waals surface area contributed by atoms with Crippen LogP contribution in [-0.4, -0.2) is 33.0 Å². The number of carbonyl (C=O) groups excluding carboxylic acids is 2. The molecule has 180 valence electrons. The Balaban J connectivity index is 1.76. The van der Waals surface area contributed by atoms with Crippen LogP contribution in [0.3, 0.4) is 0 Å². The first-order valence-electron chi connectivity index (χ1n) is 10.8. The normalized spacial score (nSPS) is 12.0. The van der Waals surface area contributed by atoms with Gasteiger partial charge in [-0.15, -0.1) is 0 Å². The summed E-state index contributed by atoms with van der Waals surface area (Å²) in [6.07, 6.45) is 0.772. The number of nitro groups is 1. The maximum absolute atomic E-state index is 13.5. The second-order valence-electron chi connectivity index (χ2n) is 8.07. The number of carbonyl (C=O) groups is 2. The Morgan fingerprint density at radius 2 is 1.97 bits per heavy atom. The number of furan rings is 1. The summed E-state index contributed by atoms with van der Waals surface area (Å²) in [6.45, 7) is 5.04. The van der Waals surface area contributed by atoms with Gasteiger partial charge in [-0.25, -0.2) is 4.98 Å². The van der Waals surface area contributed by atoms with Crippen LogP contribution in [-0.2, 0) is 9.53 Å². The average molecular weight is 478 g/mol. The number of nitro benzene ring substituents is 1. The van der Waals surface area contributed by atoms with Gasteiger partial charge in [0.1, 0.15) is 5.69 Å². The van der Waals surface area contributed by atoms with E-state index in [1.54, 1.807) is 39.0 Å². The first-order chi connectivity index (χ1) is 16.7. The summed E-state index contributed by atoms with van der Waals surface area (Å²) < 4.78 is 15.9. The summed E-state index contributed by atoms with van der Waals surface area (Å²) >= 11 is 0. The quantitative estimate of drug-likeness (QED) is 0.219. The number of hydrogen-bond acceptors (Lipinski definition) is 9. The van der Waals surface area contributed by atoms with Gasteiger partial charge in [0.15, 0.2) is 5.76 Å². The monoisotopic (exact) mass is 478 g/mol. The third kappa shape index (κ3) is 5.03. The fourth-order valence-corrected chi connectivity index (χ4v) is 3.73. The number of aryl methyl sites for hydroxylation is 1. The highest BCUT2D eigenvalue weighted by atomic mass is 16.6. The van der Waals surface area contributed by atoms with E-state index < -0.39 is 22.8 Å². The van der Waals surface area contributed by atoms with Crippen molar-refractivity contribution in [3.05, 3.63) is 75.7 Å². The summed E-state index contributed by atoms with van der Waals surface area (Å²) in [7, 11) is 0. The molecule has 1 unspecified atom stereocenters. The van der Waals surface area contributed by atoms with E-state index in [4.69, 9.17) is 13.7 Å². The minimum Gasteiger partial charge on any atom is -0.463 e. The van der Waals surface area contributed by atoms with E-state index in [0.29, 0.717) is 22.5 Å². The van der Waals surface area contributed by atoms with E-state index in [-0.39, 0.29) is 35.1 Å². The van der Waals surface area contributed by atoms with E-state index in [0.717, 1.165) is 0 Å². The number of para-hydroxylation sites is 1. The van der Waals surface area contributed by atoms with Gasteiger partial charge in [-0.1, -0.05) is 23.4 Å². The molecule has 3 heterocycles. The lowest BCUT2D eigenvalue weighted by Crippen LogP contribution is -2.31. The number of esters is 1. The molecule has 4 rings (SSSR count). The van der Waals surface area contributed by atoms with Crippen LogP contribution in [0.2, 0.25) is 0 Å².